The molecule has 1 aliphatic carbocycles. The molecule has 0 amide bonds. The minimum atomic E-state index is -0.760. The number of nitrogens with zero attached hydrogens (tertiary/aromatic N) is 1. The molecule has 94 valence electrons. The average Bonchev–Trinajstić information content (AvgIpc) is 2.88. The van der Waals surface area contributed by atoms with Crippen LogP contribution < -0.4 is 0 Å². The van der Waals surface area contributed by atoms with Crippen LogP contribution in [0, 0.1) is 28.4 Å². The first kappa shape index (κ1) is 11.7. The van der Waals surface area contributed by atoms with Crippen LogP contribution in [0.1, 0.15) is 16.4 Å². The summed E-state index contributed by atoms with van der Waals surface area (Å²) >= 11 is 1.67. The highest BCUT2D eigenvalue weighted by Crippen LogP contribution is 2.71. The van der Waals surface area contributed by atoms with Crippen LogP contribution in [0.3, 0.4) is 0 Å². The summed E-state index contributed by atoms with van der Waals surface area (Å²) in [4.78, 5) is 22.1. The molecule has 1 heterocycles. The molecule has 0 radical (unpaired) electrons. The molecular weight excluding hydrogens is 250 g/mol. The summed E-state index contributed by atoms with van der Waals surface area (Å²) in [5.41, 5.74) is 1.42. The Labute approximate surface area is 109 Å². The molecule has 18 heavy (non-hydrogen) atoms. The van der Waals surface area contributed by atoms with Gasteiger partial charge in [-0.1, -0.05) is 29.8 Å². The van der Waals surface area contributed by atoms with Crippen molar-refractivity contribution in [3.05, 3.63) is 45.5 Å². The third-order valence-corrected chi connectivity index (χ3v) is 5.70. The van der Waals surface area contributed by atoms with Gasteiger partial charge in [0.2, 0.25) is 6.04 Å². The first-order valence-corrected chi connectivity index (χ1v) is 6.94. The number of aryl methyl sites for hydroxylation is 1. The van der Waals surface area contributed by atoms with Crippen molar-refractivity contribution in [1.29, 1.82) is 0 Å². The maximum absolute atomic E-state index is 11.4. The van der Waals surface area contributed by atoms with Crippen LogP contribution in [0.2, 0.25) is 0 Å². The first-order chi connectivity index (χ1) is 8.61. The Balaban J connectivity index is 1.96. The molecule has 1 saturated heterocycles. The van der Waals surface area contributed by atoms with E-state index in [9.17, 15) is 14.9 Å². The van der Waals surface area contributed by atoms with E-state index in [4.69, 9.17) is 0 Å². The Morgan fingerprint density at radius 3 is 2.61 bits per heavy atom. The Morgan fingerprint density at radius 1 is 1.44 bits per heavy atom. The molecular formula is C13H13NO3S. The van der Waals surface area contributed by atoms with Crippen molar-refractivity contribution in [1.82, 2.24) is 0 Å². The zero-order valence-corrected chi connectivity index (χ0v) is 10.7. The fraction of sp³-hybridized carbons (Fsp3) is 0.462. The summed E-state index contributed by atoms with van der Waals surface area (Å²) in [6.07, 6.45) is 0.829. The summed E-state index contributed by atoms with van der Waals surface area (Å²) in [6, 6.07) is 7.27. The number of rotatable bonds is 3. The van der Waals surface area contributed by atoms with Crippen LogP contribution in [-0.4, -0.2) is 23.0 Å². The standard InChI is InChI=1S/C13H13NO3S/c1-8-2-4-9(5-3-8)12-13(7-15)10(6-18-12)11(13)14(16)17/h2-5,7,10-12H,6H2,1H3/t10-,11-,12-,13-/m1/s1. The van der Waals surface area contributed by atoms with E-state index in [2.05, 4.69) is 0 Å². The molecule has 4 atom stereocenters. The van der Waals surface area contributed by atoms with E-state index >= 15 is 0 Å². The quantitative estimate of drug-likeness (QED) is 0.476. The first-order valence-electron chi connectivity index (χ1n) is 5.89. The highest BCUT2D eigenvalue weighted by atomic mass is 32.2. The number of aldehydes is 1. The van der Waals surface area contributed by atoms with E-state index in [1.807, 2.05) is 31.2 Å². The van der Waals surface area contributed by atoms with E-state index in [1.54, 1.807) is 11.8 Å². The summed E-state index contributed by atoms with van der Waals surface area (Å²) in [5, 5.41) is 10.9. The molecule has 1 aromatic carbocycles. The van der Waals surface area contributed by atoms with Crippen molar-refractivity contribution in [2.75, 3.05) is 5.75 Å². The summed E-state index contributed by atoms with van der Waals surface area (Å²) in [6.45, 7) is 2.00. The monoisotopic (exact) mass is 263 g/mol. The Kier molecular flexibility index (Phi) is 2.48. The van der Waals surface area contributed by atoms with Crippen LogP contribution >= 0.6 is 11.8 Å². The van der Waals surface area contributed by atoms with Gasteiger partial charge in [0, 0.05) is 15.9 Å². The molecule has 0 spiro atoms. The van der Waals surface area contributed by atoms with Crippen LogP contribution in [0.15, 0.2) is 24.3 Å². The van der Waals surface area contributed by atoms with Gasteiger partial charge in [-0.3, -0.25) is 10.1 Å². The summed E-state index contributed by atoms with van der Waals surface area (Å²) in [7, 11) is 0. The average molecular weight is 263 g/mol. The highest BCUT2D eigenvalue weighted by Gasteiger charge is 2.80. The molecule has 2 aliphatic rings. The molecule has 3 rings (SSSR count). The van der Waals surface area contributed by atoms with Gasteiger partial charge in [-0.15, -0.1) is 0 Å². The molecule has 0 aromatic heterocycles. The van der Waals surface area contributed by atoms with Gasteiger partial charge in [0.05, 0.1) is 5.92 Å². The topological polar surface area (TPSA) is 60.2 Å². The lowest BCUT2D eigenvalue weighted by Crippen LogP contribution is -2.21. The minimum absolute atomic E-state index is 0.0593. The molecule has 1 aromatic rings. The molecule has 0 N–H and O–H groups in total. The van der Waals surface area contributed by atoms with Crippen LogP contribution in [-0.2, 0) is 4.79 Å². The number of hydrogen-bond acceptors (Lipinski definition) is 4. The lowest BCUT2D eigenvalue weighted by atomic mass is 9.94. The lowest BCUT2D eigenvalue weighted by molar-refractivity contribution is -0.503. The number of thioether (sulfide) groups is 1. The minimum Gasteiger partial charge on any atom is -0.302 e. The second-order valence-electron chi connectivity index (χ2n) is 5.08. The number of hydrogen-bond donors (Lipinski definition) is 0. The molecule has 0 bridgehead atoms. The van der Waals surface area contributed by atoms with Gasteiger partial charge < -0.3 is 4.79 Å². The lowest BCUT2D eigenvalue weighted by Gasteiger charge is -2.17. The van der Waals surface area contributed by atoms with E-state index in [1.165, 1.54) is 0 Å². The van der Waals surface area contributed by atoms with E-state index in [0.717, 1.165) is 17.4 Å². The molecule has 1 aliphatic heterocycles. The number of nitro groups is 1. The van der Waals surface area contributed by atoms with Crippen LogP contribution in [0.5, 0.6) is 0 Å². The predicted octanol–water partition coefficient (Wildman–Crippen LogP) is 2.24. The fourth-order valence-electron chi connectivity index (χ4n) is 3.09. The van der Waals surface area contributed by atoms with Gasteiger partial charge in [-0.25, -0.2) is 0 Å². The smallest absolute Gasteiger partial charge is 0.232 e. The Bertz CT molecular complexity index is 515. The van der Waals surface area contributed by atoms with E-state index in [-0.39, 0.29) is 16.1 Å². The van der Waals surface area contributed by atoms with Gasteiger partial charge in [0.25, 0.3) is 0 Å². The highest BCUT2D eigenvalue weighted by molar-refractivity contribution is 8.00. The number of carbonyl (C=O) groups is 1. The largest absolute Gasteiger partial charge is 0.302 e. The van der Waals surface area contributed by atoms with Crippen molar-refractivity contribution in [2.45, 2.75) is 18.2 Å². The normalized spacial score (nSPS) is 37.1. The van der Waals surface area contributed by atoms with Crippen molar-refractivity contribution in [3.8, 4) is 0 Å². The van der Waals surface area contributed by atoms with Gasteiger partial charge in [0.15, 0.2) is 0 Å². The molecule has 2 fully saturated rings. The molecule has 0 unspecified atom stereocenters. The molecule has 1 saturated carbocycles. The van der Waals surface area contributed by atoms with E-state index < -0.39 is 11.5 Å². The van der Waals surface area contributed by atoms with Crippen molar-refractivity contribution < 1.29 is 9.72 Å². The SMILES string of the molecule is Cc1ccc([C@H]2SC[C@@H]3[C@@H]([N+](=O)[O-])[C@]23C=O)cc1. The van der Waals surface area contributed by atoms with Crippen LogP contribution in [0.25, 0.3) is 0 Å². The zero-order chi connectivity index (χ0) is 12.9. The maximum Gasteiger partial charge on any atom is 0.232 e. The third-order valence-electron chi connectivity index (χ3n) is 4.13. The van der Waals surface area contributed by atoms with Gasteiger partial charge in [-0.2, -0.15) is 11.8 Å². The van der Waals surface area contributed by atoms with E-state index in [0.29, 0.717) is 5.75 Å². The molecule has 4 nitrogen and oxygen atoms in total. The predicted molar refractivity (Wildman–Crippen MR) is 69.1 cm³/mol. The maximum atomic E-state index is 11.4. The van der Waals surface area contributed by atoms with Crippen molar-refractivity contribution in [3.63, 3.8) is 0 Å². The fourth-order valence-corrected chi connectivity index (χ4v) is 4.96. The Hall–Kier alpha value is -1.36. The number of fused-ring (bicyclic) bond motifs is 1. The zero-order valence-electron chi connectivity index (χ0n) is 9.91. The Morgan fingerprint density at radius 2 is 2.11 bits per heavy atom. The van der Waals surface area contributed by atoms with Crippen LogP contribution in [0.4, 0.5) is 0 Å². The number of benzene rings is 1. The molecule has 5 heteroatoms. The van der Waals surface area contributed by atoms with Crippen molar-refractivity contribution >= 4 is 18.0 Å². The van der Waals surface area contributed by atoms with Gasteiger partial charge >= 0.3 is 0 Å². The van der Waals surface area contributed by atoms with Gasteiger partial charge in [-0.05, 0) is 12.5 Å². The third kappa shape index (κ3) is 1.37. The summed E-state index contributed by atoms with van der Waals surface area (Å²) < 4.78 is 0. The number of carbonyl (C=O) groups excluding carboxylic acids is 1. The van der Waals surface area contributed by atoms with Gasteiger partial charge in [0.1, 0.15) is 11.7 Å². The van der Waals surface area contributed by atoms with Crippen molar-refractivity contribution in [2.24, 2.45) is 11.3 Å². The second-order valence-corrected chi connectivity index (χ2v) is 6.22. The summed E-state index contributed by atoms with van der Waals surface area (Å²) in [5.74, 6) is 0.629. The second kappa shape index (κ2) is 3.82.